The Labute approximate surface area is 273 Å². The van der Waals surface area contributed by atoms with E-state index in [0.717, 1.165) is 6.26 Å². The first-order chi connectivity index (χ1) is 22.9. The number of hydrogen-bond donors (Lipinski definition) is 9. The molecule has 268 valence electrons. The molecule has 0 saturated carbocycles. The normalized spacial score (nSPS) is 36.7. The quantitative estimate of drug-likeness (QED) is 0.0736. The highest BCUT2D eigenvalue weighted by Crippen LogP contribution is 2.37. The summed E-state index contributed by atoms with van der Waals surface area (Å²) in [4.78, 5) is 24.9. The number of aliphatic hydroxyl groups excluding tert-OH is 8. The van der Waals surface area contributed by atoms with E-state index in [9.17, 15) is 55.5 Å². The van der Waals surface area contributed by atoms with Crippen LogP contribution in [-0.2, 0) is 28.5 Å². The van der Waals surface area contributed by atoms with Crippen molar-refractivity contribution < 1.29 is 88.7 Å². The van der Waals surface area contributed by atoms with Crippen molar-refractivity contribution in [2.45, 2.75) is 74.1 Å². The molecule has 3 aliphatic heterocycles. The lowest BCUT2D eigenvalue weighted by Gasteiger charge is -2.43. The van der Waals surface area contributed by atoms with Gasteiger partial charge >= 0.3 is 11.9 Å². The molecule has 9 N–H and O–H groups in total. The molecule has 0 aromatic heterocycles. The predicted octanol–water partition coefficient (Wildman–Crippen LogP) is -3.02. The molecular formula is C30H40O18. The molecular weight excluding hydrogens is 648 g/mol. The van der Waals surface area contributed by atoms with E-state index >= 15 is 0 Å². The second-order valence-electron chi connectivity index (χ2n) is 11.2. The first-order valence-electron chi connectivity index (χ1n) is 14.9. The van der Waals surface area contributed by atoms with Crippen LogP contribution in [0.25, 0.3) is 0 Å². The zero-order chi connectivity index (χ0) is 35.3. The van der Waals surface area contributed by atoms with Gasteiger partial charge in [-0.25, -0.2) is 9.59 Å². The van der Waals surface area contributed by atoms with Gasteiger partial charge in [0, 0.05) is 11.8 Å². The maximum atomic E-state index is 12.9. The number of carbonyl (C=O) groups excluding carboxylic acids is 1. The minimum absolute atomic E-state index is 0.00171. The lowest BCUT2D eigenvalue weighted by molar-refractivity contribution is -0.339. The highest BCUT2D eigenvalue weighted by molar-refractivity contribution is 5.90. The number of esters is 1. The highest BCUT2D eigenvalue weighted by Gasteiger charge is 2.48. The first-order valence-corrected chi connectivity index (χ1v) is 14.9. The van der Waals surface area contributed by atoms with Crippen LogP contribution in [0.3, 0.4) is 0 Å². The summed E-state index contributed by atoms with van der Waals surface area (Å²) in [5.41, 5.74) is -0.195. The number of ether oxygens (including phenoxy) is 7. The fourth-order valence-electron chi connectivity index (χ4n) is 5.53. The van der Waals surface area contributed by atoms with Crippen LogP contribution in [0.15, 0.2) is 42.7 Å². The van der Waals surface area contributed by atoms with Gasteiger partial charge in [0.2, 0.25) is 12.6 Å². The van der Waals surface area contributed by atoms with Crippen LogP contribution in [0, 0.1) is 11.8 Å². The van der Waals surface area contributed by atoms with Crippen LogP contribution in [0.5, 0.6) is 11.5 Å². The zero-order valence-electron chi connectivity index (χ0n) is 25.6. The average Bonchev–Trinajstić information content (AvgIpc) is 3.08. The van der Waals surface area contributed by atoms with Gasteiger partial charge in [-0.05, 0) is 24.6 Å². The fourth-order valence-corrected chi connectivity index (χ4v) is 5.53. The van der Waals surface area contributed by atoms with E-state index in [2.05, 4.69) is 6.58 Å². The Balaban J connectivity index is 1.41. The van der Waals surface area contributed by atoms with Crippen LogP contribution in [0.2, 0.25) is 0 Å². The summed E-state index contributed by atoms with van der Waals surface area (Å²) in [5.74, 6) is -3.96. The van der Waals surface area contributed by atoms with Crippen molar-refractivity contribution in [1.29, 1.82) is 0 Å². The Hall–Kier alpha value is -3.40. The van der Waals surface area contributed by atoms with E-state index in [1.807, 2.05) is 0 Å². The monoisotopic (exact) mass is 688 g/mol. The number of rotatable bonds is 13. The Morgan fingerprint density at radius 3 is 2.02 bits per heavy atom. The molecule has 3 heterocycles. The SMILES string of the molecule is C=C[C@H]1[C@H](O[C@@H]2O[C@H](CO)[C@@H](O)[C@H](O)[C@H]2O)OC=C(C(=O)O)[C@H]1CCOC(=O)c1ccc(O[C@@H]2O[C@H](CO)[C@@H](O)[C@H](O)[C@H]2O)c(OC)c1. The summed E-state index contributed by atoms with van der Waals surface area (Å²) in [5, 5.41) is 89.4. The van der Waals surface area contributed by atoms with Gasteiger partial charge in [0.25, 0.3) is 0 Å². The van der Waals surface area contributed by atoms with Crippen molar-refractivity contribution in [3.05, 3.63) is 48.3 Å². The van der Waals surface area contributed by atoms with Crippen LogP contribution in [0.1, 0.15) is 16.8 Å². The predicted molar refractivity (Wildman–Crippen MR) is 155 cm³/mol. The number of carboxylic acids is 1. The molecule has 0 unspecified atom stereocenters. The molecule has 3 aliphatic rings. The number of aliphatic hydroxyl groups is 8. The molecule has 4 rings (SSSR count). The second kappa shape index (κ2) is 16.3. The Kier molecular flexibility index (Phi) is 12.7. The average molecular weight is 689 g/mol. The van der Waals surface area contributed by atoms with Crippen molar-refractivity contribution >= 4 is 11.9 Å². The molecule has 18 nitrogen and oxygen atoms in total. The van der Waals surface area contributed by atoms with Crippen LogP contribution in [-0.4, -0.2) is 153 Å². The molecule has 1 aromatic carbocycles. The van der Waals surface area contributed by atoms with Gasteiger partial charge in [-0.2, -0.15) is 0 Å². The van der Waals surface area contributed by atoms with Gasteiger partial charge in [-0.1, -0.05) is 6.08 Å². The van der Waals surface area contributed by atoms with Crippen molar-refractivity contribution in [2.24, 2.45) is 11.8 Å². The lowest BCUT2D eigenvalue weighted by Crippen LogP contribution is -2.60. The van der Waals surface area contributed by atoms with Crippen LogP contribution < -0.4 is 9.47 Å². The van der Waals surface area contributed by atoms with Gasteiger partial charge in [0.15, 0.2) is 17.8 Å². The van der Waals surface area contributed by atoms with Gasteiger partial charge in [0.1, 0.15) is 48.8 Å². The molecule has 0 aliphatic carbocycles. The Morgan fingerprint density at radius 1 is 0.854 bits per heavy atom. The first kappa shape index (κ1) is 37.4. The smallest absolute Gasteiger partial charge is 0.338 e. The molecule has 2 saturated heterocycles. The largest absolute Gasteiger partial charge is 0.493 e. The summed E-state index contributed by atoms with van der Waals surface area (Å²) in [7, 11) is 1.27. The Bertz CT molecular complexity index is 1300. The van der Waals surface area contributed by atoms with Crippen LogP contribution >= 0.6 is 0 Å². The summed E-state index contributed by atoms with van der Waals surface area (Å²) in [6.45, 7) is 2.07. The molecule has 0 amide bonds. The topological polar surface area (TPSA) is 281 Å². The minimum atomic E-state index is -1.74. The third-order valence-corrected chi connectivity index (χ3v) is 8.30. The molecule has 0 radical (unpaired) electrons. The fraction of sp³-hybridized carbons (Fsp3) is 0.600. The third kappa shape index (κ3) is 7.90. The van der Waals surface area contributed by atoms with Crippen LogP contribution in [0.4, 0.5) is 0 Å². The van der Waals surface area contributed by atoms with E-state index in [1.54, 1.807) is 0 Å². The molecule has 1 aromatic rings. The summed E-state index contributed by atoms with van der Waals surface area (Å²) in [6.07, 6.45) is -14.7. The summed E-state index contributed by atoms with van der Waals surface area (Å²) >= 11 is 0. The maximum Gasteiger partial charge on any atom is 0.338 e. The van der Waals surface area contributed by atoms with E-state index in [0.29, 0.717) is 0 Å². The number of methoxy groups -OCH3 is 1. The molecule has 48 heavy (non-hydrogen) atoms. The van der Waals surface area contributed by atoms with Crippen molar-refractivity contribution in [2.75, 3.05) is 26.9 Å². The molecule has 18 heteroatoms. The number of aliphatic carboxylic acids is 1. The van der Waals surface area contributed by atoms with Crippen molar-refractivity contribution in [3.8, 4) is 11.5 Å². The van der Waals surface area contributed by atoms with Crippen molar-refractivity contribution in [1.82, 2.24) is 0 Å². The minimum Gasteiger partial charge on any atom is -0.493 e. The number of benzene rings is 1. The number of carbonyl (C=O) groups is 2. The standard InChI is InChI=1S/C30H40O18/c1-3-13-14(15(26(39)40)11-44-28(13)48-30-25(38)23(36)21(34)19(10-32)47-30)6-7-43-27(41)12-4-5-16(17(8-12)42-2)45-29-24(37)22(35)20(33)18(9-31)46-29/h3-5,8,11,13-14,18-25,28-38H,1,6-7,9-10H2,2H3,(H,39,40)/t13-,14+,18-,19-,20-,21-,22+,23+,24-,25-,28+,29-,30+/m1/s1. The molecule has 0 spiro atoms. The molecule has 0 bridgehead atoms. The third-order valence-electron chi connectivity index (χ3n) is 8.30. The summed E-state index contributed by atoms with van der Waals surface area (Å²) in [6, 6.07) is 3.86. The molecule has 2 fully saturated rings. The highest BCUT2D eigenvalue weighted by atomic mass is 16.8. The summed E-state index contributed by atoms with van der Waals surface area (Å²) < 4.78 is 38.1. The van der Waals surface area contributed by atoms with E-state index in [4.69, 9.17) is 33.2 Å². The van der Waals surface area contributed by atoms with Gasteiger partial charge in [-0.3, -0.25) is 0 Å². The van der Waals surface area contributed by atoms with Gasteiger partial charge in [0.05, 0.1) is 44.3 Å². The lowest BCUT2D eigenvalue weighted by atomic mass is 9.82. The number of hydrogen-bond acceptors (Lipinski definition) is 17. The Morgan fingerprint density at radius 2 is 1.46 bits per heavy atom. The second-order valence-corrected chi connectivity index (χ2v) is 11.2. The van der Waals surface area contributed by atoms with E-state index < -0.39 is 105 Å². The van der Waals surface area contributed by atoms with Gasteiger partial charge in [-0.15, -0.1) is 6.58 Å². The zero-order valence-corrected chi connectivity index (χ0v) is 25.6. The van der Waals surface area contributed by atoms with Gasteiger partial charge < -0.3 is 79.1 Å². The van der Waals surface area contributed by atoms with E-state index in [1.165, 1.54) is 31.4 Å². The molecule has 13 atom stereocenters. The maximum absolute atomic E-state index is 12.9. The number of carboxylic acid groups (broad SMARTS) is 1. The van der Waals surface area contributed by atoms with Crippen molar-refractivity contribution in [3.63, 3.8) is 0 Å². The van der Waals surface area contributed by atoms with E-state index in [-0.39, 0.29) is 35.7 Å².